The Morgan fingerprint density at radius 3 is 2.92 bits per heavy atom. The van der Waals surface area contributed by atoms with E-state index in [0.29, 0.717) is 12.2 Å². The molecule has 0 radical (unpaired) electrons. The summed E-state index contributed by atoms with van der Waals surface area (Å²) in [7, 11) is 0. The number of aromatic nitrogens is 4. The van der Waals surface area contributed by atoms with Gasteiger partial charge in [0.1, 0.15) is 11.5 Å². The number of carbonyl (C=O) groups excluding carboxylic acids is 1. The molecule has 1 amide bonds. The summed E-state index contributed by atoms with van der Waals surface area (Å²) < 4.78 is 1.99. The van der Waals surface area contributed by atoms with Crippen molar-refractivity contribution in [1.82, 2.24) is 25.1 Å². The van der Waals surface area contributed by atoms with E-state index in [9.17, 15) is 4.79 Å². The third-order valence-corrected chi connectivity index (χ3v) is 4.48. The number of nitrogens with one attached hydrogen (secondary N) is 2. The van der Waals surface area contributed by atoms with E-state index in [1.807, 2.05) is 34.9 Å². The van der Waals surface area contributed by atoms with Gasteiger partial charge in [0.05, 0.1) is 5.69 Å². The molecule has 1 atom stereocenters. The number of hydrogen-bond donors (Lipinski definition) is 3. The van der Waals surface area contributed by atoms with E-state index in [-0.39, 0.29) is 11.9 Å². The summed E-state index contributed by atoms with van der Waals surface area (Å²) in [6.07, 6.45) is 5.26. The van der Waals surface area contributed by atoms with Crippen molar-refractivity contribution in [2.75, 3.05) is 0 Å². The van der Waals surface area contributed by atoms with Crippen LogP contribution in [0.1, 0.15) is 28.3 Å². The Morgan fingerprint density at radius 1 is 1.32 bits per heavy atom. The molecule has 128 valence electrons. The maximum atomic E-state index is 12.3. The maximum Gasteiger partial charge on any atom is 0.271 e. The zero-order chi connectivity index (χ0) is 17.2. The van der Waals surface area contributed by atoms with Gasteiger partial charge in [0.25, 0.3) is 5.91 Å². The van der Waals surface area contributed by atoms with Crippen LogP contribution in [0, 0.1) is 0 Å². The zero-order valence-electron chi connectivity index (χ0n) is 13.8. The number of aromatic amines is 1. The van der Waals surface area contributed by atoms with E-state index in [1.165, 1.54) is 0 Å². The minimum Gasteiger partial charge on any atom is -0.347 e. The highest BCUT2D eigenvalue weighted by atomic mass is 16.1. The molecule has 0 saturated heterocycles. The van der Waals surface area contributed by atoms with Gasteiger partial charge in [-0.15, -0.1) is 0 Å². The zero-order valence-corrected chi connectivity index (χ0v) is 13.8. The standard InChI is InChI=1S/C18H20N6O/c19-14-5-6-17-22-16(11-24(17)10-14)18(25)20-9-12-1-3-13(4-2-12)15-7-8-21-23-15/h1-4,7-8,11,14H,5-6,9-10,19H2,(H,20,25)(H,21,23). The Hall–Kier alpha value is -2.93. The molecule has 3 aromatic rings. The first-order valence-corrected chi connectivity index (χ1v) is 8.37. The van der Waals surface area contributed by atoms with E-state index in [1.54, 1.807) is 12.4 Å². The lowest BCUT2D eigenvalue weighted by atomic mass is 10.1. The van der Waals surface area contributed by atoms with E-state index in [4.69, 9.17) is 5.73 Å². The fraction of sp³-hybridized carbons (Fsp3) is 0.278. The van der Waals surface area contributed by atoms with Crippen LogP contribution < -0.4 is 11.1 Å². The summed E-state index contributed by atoms with van der Waals surface area (Å²) in [6, 6.07) is 10.1. The SMILES string of the molecule is NC1CCc2nc(C(=O)NCc3ccc(-c4ccn[nH]4)cc3)cn2C1. The number of carbonyl (C=O) groups is 1. The highest BCUT2D eigenvalue weighted by Gasteiger charge is 2.20. The van der Waals surface area contributed by atoms with E-state index < -0.39 is 0 Å². The number of fused-ring (bicyclic) bond motifs is 1. The van der Waals surface area contributed by atoms with E-state index in [0.717, 1.165) is 42.0 Å². The van der Waals surface area contributed by atoms with Crippen molar-refractivity contribution >= 4 is 5.91 Å². The number of benzene rings is 1. The molecule has 4 N–H and O–H groups in total. The molecule has 1 unspecified atom stereocenters. The van der Waals surface area contributed by atoms with Crippen LogP contribution in [0.2, 0.25) is 0 Å². The van der Waals surface area contributed by atoms with Gasteiger partial charge in [0.2, 0.25) is 0 Å². The van der Waals surface area contributed by atoms with Crippen molar-refractivity contribution in [3.05, 3.63) is 59.8 Å². The average Bonchev–Trinajstić information content (AvgIpc) is 3.29. The molecule has 4 rings (SSSR count). The fourth-order valence-electron chi connectivity index (χ4n) is 3.07. The molecule has 1 aromatic carbocycles. The van der Waals surface area contributed by atoms with Crippen LogP contribution >= 0.6 is 0 Å². The lowest BCUT2D eigenvalue weighted by Crippen LogP contribution is -2.31. The normalized spacial score (nSPS) is 16.4. The Morgan fingerprint density at radius 2 is 2.16 bits per heavy atom. The lowest BCUT2D eigenvalue weighted by Gasteiger charge is -2.19. The van der Waals surface area contributed by atoms with Gasteiger partial charge in [-0.3, -0.25) is 9.89 Å². The molecular weight excluding hydrogens is 316 g/mol. The Balaban J connectivity index is 1.39. The summed E-state index contributed by atoms with van der Waals surface area (Å²) in [6.45, 7) is 1.19. The highest BCUT2D eigenvalue weighted by molar-refractivity contribution is 5.92. The number of rotatable bonds is 4. The summed E-state index contributed by atoms with van der Waals surface area (Å²) >= 11 is 0. The third kappa shape index (κ3) is 3.32. The molecule has 1 aliphatic heterocycles. The smallest absolute Gasteiger partial charge is 0.271 e. The van der Waals surface area contributed by atoms with Gasteiger partial charge in [0, 0.05) is 37.9 Å². The van der Waals surface area contributed by atoms with Gasteiger partial charge in [-0.25, -0.2) is 4.98 Å². The van der Waals surface area contributed by atoms with Crippen LogP contribution in [0.4, 0.5) is 0 Å². The lowest BCUT2D eigenvalue weighted by molar-refractivity contribution is 0.0946. The molecule has 2 aromatic heterocycles. The molecule has 0 aliphatic carbocycles. The van der Waals surface area contributed by atoms with Gasteiger partial charge in [-0.2, -0.15) is 5.10 Å². The molecule has 0 fully saturated rings. The number of aryl methyl sites for hydroxylation is 1. The second-order valence-electron chi connectivity index (χ2n) is 6.34. The van der Waals surface area contributed by atoms with Gasteiger partial charge >= 0.3 is 0 Å². The van der Waals surface area contributed by atoms with Gasteiger partial charge in [0.15, 0.2) is 0 Å². The van der Waals surface area contributed by atoms with Crippen LogP contribution in [0.5, 0.6) is 0 Å². The minimum atomic E-state index is -0.159. The second kappa shape index (κ2) is 6.52. The quantitative estimate of drug-likeness (QED) is 0.671. The first-order valence-electron chi connectivity index (χ1n) is 8.37. The Kier molecular flexibility index (Phi) is 4.07. The monoisotopic (exact) mass is 336 g/mol. The second-order valence-corrected chi connectivity index (χ2v) is 6.34. The molecule has 0 bridgehead atoms. The molecule has 7 heteroatoms. The third-order valence-electron chi connectivity index (χ3n) is 4.48. The molecule has 7 nitrogen and oxygen atoms in total. The van der Waals surface area contributed by atoms with Crippen molar-refractivity contribution in [2.45, 2.75) is 32.0 Å². The predicted molar refractivity (Wildman–Crippen MR) is 93.7 cm³/mol. The largest absolute Gasteiger partial charge is 0.347 e. The van der Waals surface area contributed by atoms with Gasteiger partial charge in [-0.05, 0) is 23.6 Å². The highest BCUT2D eigenvalue weighted by Crippen LogP contribution is 2.17. The molecule has 1 aliphatic rings. The predicted octanol–water partition coefficient (Wildman–Crippen LogP) is 1.48. The van der Waals surface area contributed by atoms with Gasteiger partial charge in [-0.1, -0.05) is 24.3 Å². The molecular formula is C18H20N6O. The average molecular weight is 336 g/mol. The molecule has 25 heavy (non-hydrogen) atoms. The molecule has 0 saturated carbocycles. The number of amides is 1. The van der Waals surface area contributed by atoms with E-state index in [2.05, 4.69) is 20.5 Å². The number of imidazole rings is 1. The van der Waals surface area contributed by atoms with Crippen molar-refractivity contribution < 1.29 is 4.79 Å². The minimum absolute atomic E-state index is 0.144. The maximum absolute atomic E-state index is 12.3. The molecule has 3 heterocycles. The summed E-state index contributed by atoms with van der Waals surface area (Å²) in [5.74, 6) is 0.781. The summed E-state index contributed by atoms with van der Waals surface area (Å²) in [4.78, 5) is 16.8. The van der Waals surface area contributed by atoms with Crippen molar-refractivity contribution in [2.24, 2.45) is 5.73 Å². The summed E-state index contributed by atoms with van der Waals surface area (Å²) in [5, 5.41) is 9.80. The van der Waals surface area contributed by atoms with Crippen molar-refractivity contribution in [1.29, 1.82) is 0 Å². The van der Waals surface area contributed by atoms with Crippen molar-refractivity contribution in [3.63, 3.8) is 0 Å². The van der Waals surface area contributed by atoms with Crippen LogP contribution in [0.25, 0.3) is 11.3 Å². The first-order chi connectivity index (χ1) is 12.2. The van der Waals surface area contributed by atoms with Crippen LogP contribution in [0.3, 0.4) is 0 Å². The van der Waals surface area contributed by atoms with Crippen LogP contribution in [0.15, 0.2) is 42.7 Å². The van der Waals surface area contributed by atoms with Crippen LogP contribution in [-0.4, -0.2) is 31.7 Å². The number of H-pyrrole nitrogens is 1. The number of hydrogen-bond acceptors (Lipinski definition) is 4. The Bertz CT molecular complexity index is 866. The fourth-order valence-corrected chi connectivity index (χ4v) is 3.07. The van der Waals surface area contributed by atoms with Gasteiger partial charge < -0.3 is 15.6 Å². The van der Waals surface area contributed by atoms with Crippen LogP contribution in [-0.2, 0) is 19.5 Å². The topological polar surface area (TPSA) is 102 Å². The van der Waals surface area contributed by atoms with E-state index >= 15 is 0 Å². The summed E-state index contributed by atoms with van der Waals surface area (Å²) in [5.41, 5.74) is 9.48. The molecule has 0 spiro atoms. The number of nitrogens with two attached hydrogens (primary N) is 1. The number of nitrogens with zero attached hydrogens (tertiary/aromatic N) is 3. The Labute approximate surface area is 145 Å². The first kappa shape index (κ1) is 15.6. The van der Waals surface area contributed by atoms with Crippen molar-refractivity contribution in [3.8, 4) is 11.3 Å².